The van der Waals surface area contributed by atoms with Gasteiger partial charge in [0.05, 0.1) is 14.2 Å². The molecule has 0 saturated carbocycles. The van der Waals surface area contributed by atoms with Crippen molar-refractivity contribution < 1.29 is 23.0 Å². The van der Waals surface area contributed by atoms with E-state index >= 15 is 0 Å². The number of methoxy groups -OCH3 is 2. The van der Waals surface area contributed by atoms with Gasteiger partial charge in [0.2, 0.25) is 11.7 Å². The number of anilines is 1. The summed E-state index contributed by atoms with van der Waals surface area (Å²) in [5.74, 6) is -0.964. The highest BCUT2D eigenvalue weighted by Gasteiger charge is 2.20. The van der Waals surface area contributed by atoms with E-state index in [0.29, 0.717) is 0 Å². The van der Waals surface area contributed by atoms with E-state index in [0.717, 1.165) is 0 Å². The van der Waals surface area contributed by atoms with E-state index in [-0.39, 0.29) is 23.5 Å². The number of alkyl halides is 2. The molecule has 0 aliphatic rings. The third-order valence-corrected chi connectivity index (χ3v) is 1.41. The van der Waals surface area contributed by atoms with Gasteiger partial charge < -0.3 is 19.9 Å². The fourth-order valence-corrected chi connectivity index (χ4v) is 0.893. The van der Waals surface area contributed by atoms with E-state index in [1.807, 2.05) is 0 Å². The summed E-state index contributed by atoms with van der Waals surface area (Å²) in [4.78, 5) is 7.12. The van der Waals surface area contributed by atoms with Crippen molar-refractivity contribution in [3.8, 4) is 17.5 Å². The molecule has 1 rings (SSSR count). The van der Waals surface area contributed by atoms with Gasteiger partial charge in [0.15, 0.2) is 0 Å². The Morgan fingerprint density at radius 3 is 1.93 bits per heavy atom. The summed E-state index contributed by atoms with van der Waals surface area (Å²) in [6.07, 6.45) is 0. The molecule has 84 valence electrons. The van der Waals surface area contributed by atoms with Crippen LogP contribution in [0.3, 0.4) is 0 Å². The zero-order valence-corrected chi connectivity index (χ0v) is 8.03. The van der Waals surface area contributed by atoms with Crippen LogP contribution >= 0.6 is 0 Å². The van der Waals surface area contributed by atoms with Gasteiger partial charge in [-0.05, 0) is 0 Å². The topological polar surface area (TPSA) is 79.5 Å². The Morgan fingerprint density at radius 1 is 1.13 bits per heavy atom. The molecule has 6 nitrogen and oxygen atoms in total. The van der Waals surface area contributed by atoms with Crippen LogP contribution < -0.4 is 19.9 Å². The highest BCUT2D eigenvalue weighted by molar-refractivity contribution is 5.46. The first-order chi connectivity index (χ1) is 7.08. The third-order valence-electron chi connectivity index (χ3n) is 1.41. The standard InChI is InChI=1S/C7H9F2N3O3/c1-13-4-3(15-6(8)9)5(14-2)12-7(10)11-4/h6H,1-2H3,(H2,10,11,12). The molecular formula is C7H9F2N3O3. The van der Waals surface area contributed by atoms with Crippen LogP contribution in [0.1, 0.15) is 0 Å². The number of nitrogens with two attached hydrogens (primary N) is 1. The number of hydrogen-bond donors (Lipinski definition) is 1. The van der Waals surface area contributed by atoms with E-state index in [2.05, 4.69) is 14.7 Å². The molecule has 0 aliphatic carbocycles. The van der Waals surface area contributed by atoms with Crippen LogP contribution in [-0.4, -0.2) is 30.8 Å². The molecule has 8 heteroatoms. The van der Waals surface area contributed by atoms with E-state index < -0.39 is 6.61 Å². The summed E-state index contributed by atoms with van der Waals surface area (Å²) in [6, 6.07) is 0. The van der Waals surface area contributed by atoms with Gasteiger partial charge in [0, 0.05) is 0 Å². The van der Waals surface area contributed by atoms with Crippen molar-refractivity contribution >= 4 is 5.95 Å². The first kappa shape index (κ1) is 11.2. The molecule has 0 amide bonds. The Hall–Kier alpha value is -1.86. The van der Waals surface area contributed by atoms with E-state index in [1.165, 1.54) is 14.2 Å². The van der Waals surface area contributed by atoms with Crippen molar-refractivity contribution in [1.29, 1.82) is 0 Å². The molecule has 0 bridgehead atoms. The minimum Gasteiger partial charge on any atom is -0.478 e. The highest BCUT2D eigenvalue weighted by atomic mass is 19.3. The Balaban J connectivity index is 3.18. The lowest BCUT2D eigenvalue weighted by molar-refractivity contribution is -0.0533. The average molecular weight is 221 g/mol. The zero-order chi connectivity index (χ0) is 11.4. The third kappa shape index (κ3) is 2.55. The van der Waals surface area contributed by atoms with Gasteiger partial charge in [-0.3, -0.25) is 0 Å². The minimum absolute atomic E-state index is 0.162. The van der Waals surface area contributed by atoms with E-state index in [4.69, 9.17) is 15.2 Å². The highest BCUT2D eigenvalue weighted by Crippen LogP contribution is 2.35. The molecule has 0 unspecified atom stereocenters. The number of hydrogen-bond acceptors (Lipinski definition) is 6. The van der Waals surface area contributed by atoms with Gasteiger partial charge in [-0.1, -0.05) is 0 Å². The zero-order valence-electron chi connectivity index (χ0n) is 8.03. The lowest BCUT2D eigenvalue weighted by Crippen LogP contribution is -2.09. The van der Waals surface area contributed by atoms with Crippen LogP contribution in [0.25, 0.3) is 0 Å². The van der Waals surface area contributed by atoms with Crippen LogP contribution in [0.5, 0.6) is 17.5 Å². The van der Waals surface area contributed by atoms with Crippen molar-refractivity contribution in [2.24, 2.45) is 0 Å². The van der Waals surface area contributed by atoms with Crippen LogP contribution in [0.15, 0.2) is 0 Å². The lowest BCUT2D eigenvalue weighted by atomic mass is 10.5. The molecule has 0 saturated heterocycles. The van der Waals surface area contributed by atoms with E-state index in [9.17, 15) is 8.78 Å². The van der Waals surface area contributed by atoms with Crippen molar-refractivity contribution in [2.45, 2.75) is 6.61 Å². The van der Waals surface area contributed by atoms with Crippen molar-refractivity contribution in [3.05, 3.63) is 0 Å². The summed E-state index contributed by atoms with van der Waals surface area (Å²) in [6.45, 7) is -3.03. The molecule has 2 N–H and O–H groups in total. The normalized spacial score (nSPS) is 10.2. The Morgan fingerprint density at radius 2 is 1.60 bits per heavy atom. The first-order valence-corrected chi connectivity index (χ1v) is 3.78. The van der Waals surface area contributed by atoms with Crippen LogP contribution in [0, 0.1) is 0 Å². The summed E-state index contributed by atoms with van der Waals surface area (Å²) in [7, 11) is 2.47. The van der Waals surface area contributed by atoms with Crippen molar-refractivity contribution in [2.75, 3.05) is 20.0 Å². The number of ether oxygens (including phenoxy) is 3. The molecule has 0 atom stereocenters. The average Bonchev–Trinajstić information content (AvgIpc) is 2.19. The molecule has 1 heterocycles. The van der Waals surface area contributed by atoms with E-state index in [1.54, 1.807) is 0 Å². The summed E-state index contributed by atoms with van der Waals surface area (Å²) in [5.41, 5.74) is 5.28. The fourth-order valence-electron chi connectivity index (χ4n) is 0.893. The Labute approximate surface area is 84.0 Å². The number of aromatic nitrogens is 2. The number of halogens is 2. The molecule has 0 aromatic carbocycles. The van der Waals surface area contributed by atoms with Crippen LogP contribution in [0.2, 0.25) is 0 Å². The molecule has 1 aromatic heterocycles. The second-order valence-corrected chi connectivity index (χ2v) is 2.31. The Bertz CT molecular complexity index is 323. The predicted octanol–water partition coefficient (Wildman–Crippen LogP) is 0.677. The van der Waals surface area contributed by atoms with Gasteiger partial charge in [-0.15, -0.1) is 0 Å². The largest absolute Gasteiger partial charge is 0.478 e. The first-order valence-electron chi connectivity index (χ1n) is 3.78. The monoisotopic (exact) mass is 221 g/mol. The van der Waals surface area contributed by atoms with Gasteiger partial charge in [0.25, 0.3) is 11.8 Å². The van der Waals surface area contributed by atoms with Crippen LogP contribution in [-0.2, 0) is 0 Å². The fraction of sp³-hybridized carbons (Fsp3) is 0.429. The lowest BCUT2D eigenvalue weighted by Gasteiger charge is -2.11. The molecule has 0 aliphatic heterocycles. The SMILES string of the molecule is COc1nc(N)nc(OC)c1OC(F)F. The maximum absolute atomic E-state index is 12.0. The number of rotatable bonds is 4. The predicted molar refractivity (Wildman–Crippen MR) is 46.2 cm³/mol. The molecule has 0 radical (unpaired) electrons. The molecule has 1 aromatic rings. The summed E-state index contributed by atoms with van der Waals surface area (Å²) < 4.78 is 37.6. The number of nitrogens with zero attached hydrogens (tertiary/aromatic N) is 2. The number of nitrogen functional groups attached to an aromatic ring is 1. The summed E-state index contributed by atoms with van der Waals surface area (Å²) in [5, 5.41) is 0. The van der Waals surface area contributed by atoms with Gasteiger partial charge in [-0.2, -0.15) is 18.7 Å². The molecule has 15 heavy (non-hydrogen) atoms. The Kier molecular flexibility index (Phi) is 3.42. The second kappa shape index (κ2) is 4.58. The quantitative estimate of drug-likeness (QED) is 0.805. The van der Waals surface area contributed by atoms with Crippen molar-refractivity contribution in [3.63, 3.8) is 0 Å². The van der Waals surface area contributed by atoms with Gasteiger partial charge in [0.1, 0.15) is 0 Å². The molecule has 0 fully saturated rings. The van der Waals surface area contributed by atoms with Gasteiger partial charge >= 0.3 is 6.61 Å². The minimum atomic E-state index is -3.03. The molecular weight excluding hydrogens is 212 g/mol. The van der Waals surface area contributed by atoms with Crippen LogP contribution in [0.4, 0.5) is 14.7 Å². The van der Waals surface area contributed by atoms with Crippen molar-refractivity contribution in [1.82, 2.24) is 9.97 Å². The van der Waals surface area contributed by atoms with Gasteiger partial charge in [-0.25, -0.2) is 0 Å². The second-order valence-electron chi connectivity index (χ2n) is 2.31. The summed E-state index contributed by atoms with van der Waals surface area (Å²) >= 11 is 0. The molecule has 0 spiro atoms. The maximum Gasteiger partial charge on any atom is 0.387 e. The smallest absolute Gasteiger partial charge is 0.387 e. The maximum atomic E-state index is 12.0.